The van der Waals surface area contributed by atoms with Crippen molar-refractivity contribution in [3.63, 3.8) is 0 Å². The predicted octanol–water partition coefficient (Wildman–Crippen LogP) is 4.63. The Morgan fingerprint density at radius 1 is 1.11 bits per heavy atom. The molecule has 2 aromatic carbocycles. The minimum Gasteiger partial charge on any atom is -0.383 e. The molecule has 27 heavy (non-hydrogen) atoms. The zero-order valence-corrected chi connectivity index (χ0v) is 17.6. The van der Waals surface area contributed by atoms with Crippen LogP contribution in [0.5, 0.6) is 5.75 Å². The van der Waals surface area contributed by atoms with Gasteiger partial charge in [0.05, 0.1) is 6.26 Å². The van der Waals surface area contributed by atoms with Gasteiger partial charge in [0, 0.05) is 28.7 Å². The fraction of sp³-hybridized carbons (Fsp3) is 0.316. The second-order valence-electron chi connectivity index (χ2n) is 6.67. The van der Waals surface area contributed by atoms with Gasteiger partial charge in [-0.3, -0.25) is 4.79 Å². The lowest BCUT2D eigenvalue weighted by atomic mass is 10.1. The normalized spacial score (nSPS) is 11.5. The van der Waals surface area contributed by atoms with Crippen molar-refractivity contribution < 1.29 is 17.4 Å². The summed E-state index contributed by atoms with van der Waals surface area (Å²) >= 11 is 12.0. The highest BCUT2D eigenvalue weighted by molar-refractivity contribution is 7.86. The summed E-state index contributed by atoms with van der Waals surface area (Å²) in [6, 6.07) is 11.4. The number of hydrogen-bond acceptors (Lipinski definition) is 4. The second kappa shape index (κ2) is 8.95. The molecular weight excluding hydrogens is 409 g/mol. The van der Waals surface area contributed by atoms with Crippen molar-refractivity contribution >= 4 is 39.2 Å². The van der Waals surface area contributed by atoms with E-state index >= 15 is 0 Å². The fourth-order valence-electron chi connectivity index (χ4n) is 2.61. The smallest absolute Gasteiger partial charge is 0.306 e. The summed E-state index contributed by atoms with van der Waals surface area (Å²) in [7, 11) is -3.62. The number of benzene rings is 2. The first-order valence-electron chi connectivity index (χ1n) is 8.27. The van der Waals surface area contributed by atoms with Crippen molar-refractivity contribution in [2.45, 2.75) is 20.4 Å². The number of carbonyl (C=O) groups is 1. The molecule has 8 heteroatoms. The first kappa shape index (κ1) is 21.5. The average molecular weight is 430 g/mol. The Morgan fingerprint density at radius 2 is 1.74 bits per heavy atom. The van der Waals surface area contributed by atoms with Crippen LogP contribution in [0.1, 0.15) is 29.8 Å². The molecule has 0 saturated carbocycles. The zero-order chi connectivity index (χ0) is 20.2. The summed E-state index contributed by atoms with van der Waals surface area (Å²) < 4.78 is 27.6. The van der Waals surface area contributed by atoms with E-state index in [1.54, 1.807) is 47.4 Å². The van der Waals surface area contributed by atoms with Crippen LogP contribution in [0.15, 0.2) is 42.5 Å². The highest BCUT2D eigenvalue weighted by Gasteiger charge is 2.19. The third-order valence-corrected chi connectivity index (χ3v) is 4.43. The molecule has 0 aliphatic heterocycles. The van der Waals surface area contributed by atoms with E-state index in [2.05, 4.69) is 0 Å². The van der Waals surface area contributed by atoms with E-state index in [4.69, 9.17) is 27.4 Å². The fourth-order valence-corrected chi connectivity index (χ4v) is 3.59. The third-order valence-electron chi connectivity index (χ3n) is 3.50. The van der Waals surface area contributed by atoms with Crippen LogP contribution in [0.4, 0.5) is 0 Å². The molecule has 0 aromatic heterocycles. The molecule has 0 fully saturated rings. The van der Waals surface area contributed by atoms with Gasteiger partial charge in [-0.1, -0.05) is 49.2 Å². The van der Waals surface area contributed by atoms with E-state index in [1.165, 1.54) is 0 Å². The lowest BCUT2D eigenvalue weighted by Crippen LogP contribution is -2.33. The molecule has 0 spiro atoms. The minimum atomic E-state index is -3.62. The molecule has 146 valence electrons. The van der Waals surface area contributed by atoms with Crippen molar-refractivity contribution in [3.8, 4) is 5.75 Å². The molecule has 2 aromatic rings. The monoisotopic (exact) mass is 429 g/mol. The molecule has 0 atom stereocenters. The lowest BCUT2D eigenvalue weighted by Gasteiger charge is -2.25. The van der Waals surface area contributed by atoms with E-state index < -0.39 is 10.1 Å². The second-order valence-corrected chi connectivity index (χ2v) is 9.12. The van der Waals surface area contributed by atoms with E-state index in [-0.39, 0.29) is 17.6 Å². The van der Waals surface area contributed by atoms with Gasteiger partial charge >= 0.3 is 10.1 Å². The number of rotatable bonds is 7. The maximum absolute atomic E-state index is 13.0. The van der Waals surface area contributed by atoms with E-state index in [1.807, 2.05) is 13.8 Å². The lowest BCUT2D eigenvalue weighted by molar-refractivity contribution is 0.0722. The van der Waals surface area contributed by atoms with Gasteiger partial charge in [0.25, 0.3) is 5.91 Å². The van der Waals surface area contributed by atoms with Crippen LogP contribution in [0, 0.1) is 5.92 Å². The maximum atomic E-state index is 13.0. The highest BCUT2D eigenvalue weighted by Crippen LogP contribution is 2.22. The quantitative estimate of drug-likeness (QED) is 0.601. The SMILES string of the molecule is CC(C)CN(Cc1cccc(OS(C)(=O)=O)c1)C(=O)c1cc(Cl)cc(Cl)c1. The van der Waals surface area contributed by atoms with Crippen LogP contribution < -0.4 is 4.18 Å². The number of hydrogen-bond donors (Lipinski definition) is 0. The molecule has 0 unspecified atom stereocenters. The molecule has 0 saturated heterocycles. The molecule has 0 aliphatic carbocycles. The van der Waals surface area contributed by atoms with Crippen LogP contribution in [-0.2, 0) is 16.7 Å². The molecule has 0 aliphatic rings. The Balaban J connectivity index is 2.29. The molecule has 0 N–H and O–H groups in total. The maximum Gasteiger partial charge on any atom is 0.306 e. The Labute approximate surface area is 170 Å². The first-order valence-corrected chi connectivity index (χ1v) is 10.8. The van der Waals surface area contributed by atoms with Crippen molar-refractivity contribution in [2.24, 2.45) is 5.92 Å². The van der Waals surface area contributed by atoms with Gasteiger partial charge in [0.2, 0.25) is 0 Å². The topological polar surface area (TPSA) is 63.7 Å². The van der Waals surface area contributed by atoms with Gasteiger partial charge in [-0.25, -0.2) is 0 Å². The molecule has 0 bridgehead atoms. The van der Waals surface area contributed by atoms with Crippen molar-refractivity contribution in [2.75, 3.05) is 12.8 Å². The zero-order valence-electron chi connectivity index (χ0n) is 15.3. The van der Waals surface area contributed by atoms with Crippen molar-refractivity contribution in [1.29, 1.82) is 0 Å². The van der Waals surface area contributed by atoms with Gasteiger partial charge < -0.3 is 9.08 Å². The summed E-state index contributed by atoms with van der Waals surface area (Å²) in [6.45, 7) is 4.82. The highest BCUT2D eigenvalue weighted by atomic mass is 35.5. The van der Waals surface area contributed by atoms with Gasteiger partial charge in [-0.2, -0.15) is 8.42 Å². The molecular formula is C19H21Cl2NO4S. The Bertz CT molecular complexity index is 909. The van der Waals surface area contributed by atoms with Gasteiger partial charge in [-0.15, -0.1) is 0 Å². The van der Waals surface area contributed by atoms with E-state index in [0.29, 0.717) is 28.7 Å². The number of carbonyl (C=O) groups excluding carboxylic acids is 1. The van der Waals surface area contributed by atoms with Crippen LogP contribution in [0.3, 0.4) is 0 Å². The number of amides is 1. The van der Waals surface area contributed by atoms with E-state index in [9.17, 15) is 13.2 Å². The van der Waals surface area contributed by atoms with Gasteiger partial charge in [0.1, 0.15) is 5.75 Å². The summed E-state index contributed by atoms with van der Waals surface area (Å²) in [5.74, 6) is 0.235. The molecule has 0 heterocycles. The number of nitrogens with zero attached hydrogens (tertiary/aromatic N) is 1. The summed E-state index contributed by atoms with van der Waals surface area (Å²) in [5.41, 5.74) is 1.15. The van der Waals surface area contributed by atoms with Crippen molar-refractivity contribution in [1.82, 2.24) is 4.90 Å². The predicted molar refractivity (Wildman–Crippen MR) is 108 cm³/mol. The first-order chi connectivity index (χ1) is 12.5. The Morgan fingerprint density at radius 3 is 2.30 bits per heavy atom. The minimum absolute atomic E-state index is 0.206. The van der Waals surface area contributed by atoms with Gasteiger partial charge in [0.15, 0.2) is 0 Å². The molecule has 1 amide bonds. The largest absolute Gasteiger partial charge is 0.383 e. The summed E-state index contributed by atoms with van der Waals surface area (Å²) in [5, 5.41) is 0.776. The molecule has 5 nitrogen and oxygen atoms in total. The Kier molecular flexibility index (Phi) is 7.14. The van der Waals surface area contributed by atoms with Crippen LogP contribution in [-0.4, -0.2) is 32.0 Å². The van der Waals surface area contributed by atoms with Crippen molar-refractivity contribution in [3.05, 3.63) is 63.6 Å². The van der Waals surface area contributed by atoms with Crippen LogP contribution in [0.2, 0.25) is 10.0 Å². The summed E-state index contributed by atoms with van der Waals surface area (Å²) in [4.78, 5) is 14.7. The number of halogens is 2. The Hall–Kier alpha value is -1.76. The van der Waals surface area contributed by atoms with Crippen LogP contribution in [0.25, 0.3) is 0 Å². The standard InChI is InChI=1S/C19H21Cl2NO4S/c1-13(2)11-22(19(23)15-8-16(20)10-17(21)9-15)12-14-5-4-6-18(7-14)26-27(3,24)25/h4-10,13H,11-12H2,1-3H3. The molecule has 2 rings (SSSR count). The van der Waals surface area contributed by atoms with Gasteiger partial charge in [-0.05, 0) is 41.8 Å². The summed E-state index contributed by atoms with van der Waals surface area (Å²) in [6.07, 6.45) is 0.983. The average Bonchev–Trinajstić information content (AvgIpc) is 2.51. The third kappa shape index (κ3) is 7.05. The van der Waals surface area contributed by atoms with Crippen LogP contribution >= 0.6 is 23.2 Å². The van der Waals surface area contributed by atoms with E-state index in [0.717, 1.165) is 11.8 Å². The molecule has 0 radical (unpaired) electrons.